The molecule has 0 amide bonds. The second kappa shape index (κ2) is 3.94. The number of hydrogen-bond acceptors (Lipinski definition) is 2. The Kier molecular flexibility index (Phi) is 2.89. The van der Waals surface area contributed by atoms with E-state index >= 15 is 0 Å². The van der Waals surface area contributed by atoms with Crippen LogP contribution in [0.1, 0.15) is 25.8 Å². The largest absolute Gasteiger partial charge is 0.365 e. The monoisotopic (exact) mass is 238 g/mol. The maximum atomic E-state index is 6.15. The molecular weight excluding hydrogens is 220 g/mol. The van der Waals surface area contributed by atoms with Crippen LogP contribution in [-0.4, -0.2) is 18.1 Å². The molecular formula is C13H19ClN2. The van der Waals surface area contributed by atoms with E-state index in [-0.39, 0.29) is 11.6 Å². The van der Waals surface area contributed by atoms with Crippen molar-refractivity contribution >= 4 is 17.3 Å². The van der Waals surface area contributed by atoms with Crippen LogP contribution < -0.4 is 10.6 Å². The minimum Gasteiger partial charge on any atom is -0.365 e. The lowest BCUT2D eigenvalue weighted by Crippen LogP contribution is -2.49. The van der Waals surface area contributed by atoms with Crippen molar-refractivity contribution in [1.82, 2.24) is 0 Å². The predicted molar refractivity (Wildman–Crippen MR) is 70.2 cm³/mol. The van der Waals surface area contributed by atoms with Gasteiger partial charge in [-0.2, -0.15) is 0 Å². The number of benzene rings is 1. The summed E-state index contributed by atoms with van der Waals surface area (Å²) in [7, 11) is 0. The van der Waals surface area contributed by atoms with Crippen LogP contribution in [0.15, 0.2) is 18.2 Å². The molecule has 1 fully saturated rings. The molecule has 0 aliphatic carbocycles. The highest BCUT2D eigenvalue weighted by atomic mass is 35.5. The quantitative estimate of drug-likeness (QED) is 0.815. The van der Waals surface area contributed by atoms with Crippen LogP contribution in [0, 0.1) is 6.92 Å². The van der Waals surface area contributed by atoms with Crippen molar-refractivity contribution in [2.45, 2.75) is 38.8 Å². The maximum Gasteiger partial charge on any atom is 0.0497 e. The second-order valence-corrected chi connectivity index (χ2v) is 5.57. The first kappa shape index (κ1) is 11.7. The number of rotatable bonds is 1. The van der Waals surface area contributed by atoms with E-state index in [2.05, 4.69) is 31.7 Å². The minimum atomic E-state index is 0.0264. The van der Waals surface area contributed by atoms with Crippen LogP contribution in [-0.2, 0) is 0 Å². The highest BCUT2D eigenvalue weighted by Crippen LogP contribution is 2.35. The van der Waals surface area contributed by atoms with Gasteiger partial charge in [-0.1, -0.05) is 11.6 Å². The second-order valence-electron chi connectivity index (χ2n) is 5.13. The lowest BCUT2D eigenvalue weighted by atomic mass is 9.96. The molecule has 1 unspecified atom stereocenters. The van der Waals surface area contributed by atoms with Gasteiger partial charge >= 0.3 is 0 Å². The molecule has 1 aliphatic heterocycles. The van der Waals surface area contributed by atoms with Gasteiger partial charge in [-0.05, 0) is 51.0 Å². The average molecular weight is 239 g/mol. The zero-order valence-corrected chi connectivity index (χ0v) is 10.9. The van der Waals surface area contributed by atoms with E-state index in [1.807, 2.05) is 12.1 Å². The first-order valence-electron chi connectivity index (χ1n) is 5.72. The van der Waals surface area contributed by atoms with E-state index in [0.717, 1.165) is 18.0 Å². The molecule has 0 aromatic heterocycles. The Hall–Kier alpha value is -0.730. The molecule has 1 saturated heterocycles. The Morgan fingerprint density at radius 1 is 1.44 bits per heavy atom. The smallest absolute Gasteiger partial charge is 0.0497 e. The van der Waals surface area contributed by atoms with Gasteiger partial charge in [-0.25, -0.2) is 0 Å². The van der Waals surface area contributed by atoms with Crippen molar-refractivity contribution in [3.8, 4) is 0 Å². The van der Waals surface area contributed by atoms with Gasteiger partial charge in [0.05, 0.1) is 0 Å². The van der Waals surface area contributed by atoms with Crippen molar-refractivity contribution in [3.63, 3.8) is 0 Å². The summed E-state index contributed by atoms with van der Waals surface area (Å²) in [5.74, 6) is 0. The fourth-order valence-electron chi connectivity index (χ4n) is 2.46. The number of halogens is 1. The van der Waals surface area contributed by atoms with E-state index in [4.69, 9.17) is 17.3 Å². The topological polar surface area (TPSA) is 29.3 Å². The van der Waals surface area contributed by atoms with Gasteiger partial charge in [-0.3, -0.25) is 0 Å². The molecule has 0 radical (unpaired) electrons. The van der Waals surface area contributed by atoms with Crippen LogP contribution in [0.2, 0.25) is 5.02 Å². The third kappa shape index (κ3) is 1.80. The summed E-state index contributed by atoms with van der Waals surface area (Å²) in [5, 5.41) is 0.794. The molecule has 88 valence electrons. The van der Waals surface area contributed by atoms with Crippen molar-refractivity contribution < 1.29 is 0 Å². The third-order valence-electron chi connectivity index (χ3n) is 3.72. The molecule has 0 bridgehead atoms. The zero-order chi connectivity index (χ0) is 11.9. The molecule has 0 spiro atoms. The summed E-state index contributed by atoms with van der Waals surface area (Å²) in [6, 6.07) is 6.29. The summed E-state index contributed by atoms with van der Waals surface area (Å²) in [5.41, 5.74) is 8.65. The molecule has 1 aromatic rings. The fourth-order valence-corrected chi connectivity index (χ4v) is 2.69. The van der Waals surface area contributed by atoms with E-state index < -0.39 is 0 Å². The van der Waals surface area contributed by atoms with Gasteiger partial charge in [0.15, 0.2) is 0 Å². The lowest BCUT2D eigenvalue weighted by Gasteiger charge is -2.37. The Labute approximate surface area is 102 Å². The van der Waals surface area contributed by atoms with Gasteiger partial charge in [0, 0.05) is 28.8 Å². The normalized spacial score (nSPS) is 23.8. The highest BCUT2D eigenvalue weighted by molar-refractivity contribution is 6.30. The number of aryl methyl sites for hydroxylation is 1. The molecule has 2 N–H and O–H groups in total. The van der Waals surface area contributed by atoms with Gasteiger partial charge in [0.2, 0.25) is 0 Å². The number of nitrogens with zero attached hydrogens (tertiary/aromatic N) is 1. The Bertz CT molecular complexity index is 401. The Balaban J connectivity index is 2.38. The third-order valence-corrected chi connectivity index (χ3v) is 3.95. The fraction of sp³-hybridized carbons (Fsp3) is 0.538. The molecule has 16 heavy (non-hydrogen) atoms. The van der Waals surface area contributed by atoms with E-state index in [1.54, 1.807) is 0 Å². The number of nitrogens with two attached hydrogens (primary N) is 1. The molecule has 1 atom stereocenters. The summed E-state index contributed by atoms with van der Waals surface area (Å²) in [6.07, 6.45) is 1.05. The van der Waals surface area contributed by atoms with Gasteiger partial charge in [0.25, 0.3) is 0 Å². The van der Waals surface area contributed by atoms with Crippen molar-refractivity contribution in [2.24, 2.45) is 5.73 Å². The molecule has 3 heteroatoms. The van der Waals surface area contributed by atoms with E-state index in [1.165, 1.54) is 11.3 Å². The molecule has 0 saturated carbocycles. The SMILES string of the molecule is Cc1cc(Cl)ccc1N1CCC(N)C1(C)C. The number of hydrogen-bond donors (Lipinski definition) is 1. The van der Waals surface area contributed by atoms with Gasteiger partial charge in [0.1, 0.15) is 0 Å². The number of anilines is 1. The molecule has 2 rings (SSSR count). The highest BCUT2D eigenvalue weighted by Gasteiger charge is 2.39. The maximum absolute atomic E-state index is 6.15. The first-order chi connectivity index (χ1) is 7.43. The standard InChI is InChI=1S/C13H19ClN2/c1-9-8-10(14)4-5-11(9)16-7-6-12(15)13(16,2)3/h4-5,8,12H,6-7,15H2,1-3H3. The summed E-state index contributed by atoms with van der Waals surface area (Å²) < 4.78 is 0. The molecule has 1 aromatic carbocycles. The van der Waals surface area contributed by atoms with E-state index in [0.29, 0.717) is 0 Å². The molecule has 1 heterocycles. The summed E-state index contributed by atoms with van der Waals surface area (Å²) >= 11 is 5.98. The Morgan fingerprint density at radius 3 is 2.62 bits per heavy atom. The van der Waals surface area contributed by atoms with Gasteiger partial charge in [-0.15, -0.1) is 0 Å². The summed E-state index contributed by atoms with van der Waals surface area (Å²) in [6.45, 7) is 7.54. The predicted octanol–water partition coefficient (Wildman–Crippen LogP) is 2.96. The van der Waals surface area contributed by atoms with Crippen LogP contribution in [0.5, 0.6) is 0 Å². The van der Waals surface area contributed by atoms with Crippen LogP contribution in [0.3, 0.4) is 0 Å². The summed E-state index contributed by atoms with van der Waals surface area (Å²) in [4.78, 5) is 2.39. The van der Waals surface area contributed by atoms with Crippen LogP contribution >= 0.6 is 11.6 Å². The van der Waals surface area contributed by atoms with Crippen LogP contribution in [0.4, 0.5) is 5.69 Å². The zero-order valence-electron chi connectivity index (χ0n) is 10.1. The Morgan fingerprint density at radius 2 is 2.12 bits per heavy atom. The van der Waals surface area contributed by atoms with Gasteiger partial charge < -0.3 is 10.6 Å². The van der Waals surface area contributed by atoms with Crippen molar-refractivity contribution in [1.29, 1.82) is 0 Å². The van der Waals surface area contributed by atoms with E-state index in [9.17, 15) is 0 Å². The lowest BCUT2D eigenvalue weighted by molar-refractivity contribution is 0.453. The first-order valence-corrected chi connectivity index (χ1v) is 6.10. The average Bonchev–Trinajstić information content (AvgIpc) is 2.44. The van der Waals surface area contributed by atoms with Crippen molar-refractivity contribution in [3.05, 3.63) is 28.8 Å². The van der Waals surface area contributed by atoms with Crippen molar-refractivity contribution in [2.75, 3.05) is 11.4 Å². The van der Waals surface area contributed by atoms with Crippen LogP contribution in [0.25, 0.3) is 0 Å². The molecule has 1 aliphatic rings. The molecule has 2 nitrogen and oxygen atoms in total. The minimum absolute atomic E-state index is 0.0264.